The van der Waals surface area contributed by atoms with Gasteiger partial charge in [-0.15, -0.1) is 0 Å². The van der Waals surface area contributed by atoms with E-state index >= 15 is 0 Å². The molecule has 1 heterocycles. The zero-order valence-corrected chi connectivity index (χ0v) is 9.68. The Morgan fingerprint density at radius 2 is 2.12 bits per heavy atom. The van der Waals surface area contributed by atoms with Crippen molar-refractivity contribution in [2.24, 2.45) is 11.7 Å². The second kappa shape index (κ2) is 5.27. The first-order valence-electron chi connectivity index (χ1n) is 5.92. The van der Waals surface area contributed by atoms with Gasteiger partial charge in [-0.05, 0) is 31.0 Å². The summed E-state index contributed by atoms with van der Waals surface area (Å²) in [5, 5.41) is 0. The Kier molecular flexibility index (Phi) is 3.74. The molecule has 0 radical (unpaired) electrons. The summed E-state index contributed by atoms with van der Waals surface area (Å²) < 4.78 is 13.9. The Labute approximate surface area is 100 Å². The maximum atomic E-state index is 13.9. The molecule has 0 bridgehead atoms. The predicted octanol–water partition coefficient (Wildman–Crippen LogP) is 1.79. The summed E-state index contributed by atoms with van der Waals surface area (Å²) in [5.74, 6) is -0.0293. The summed E-state index contributed by atoms with van der Waals surface area (Å²) in [6.07, 6.45) is -0.0603. The molecule has 1 amide bonds. The molecule has 1 aliphatic rings. The predicted molar refractivity (Wildman–Crippen MR) is 64.2 cm³/mol. The summed E-state index contributed by atoms with van der Waals surface area (Å²) in [6, 6.07) is 8.83. The molecule has 2 rings (SSSR count). The molecule has 92 valence electrons. The number of benzene rings is 1. The van der Waals surface area contributed by atoms with Gasteiger partial charge in [0.2, 0.25) is 0 Å². The van der Waals surface area contributed by atoms with Crippen molar-refractivity contribution in [3.63, 3.8) is 0 Å². The van der Waals surface area contributed by atoms with Gasteiger partial charge in [0.05, 0.1) is 0 Å². The molecule has 1 aromatic rings. The van der Waals surface area contributed by atoms with Crippen molar-refractivity contribution < 1.29 is 9.18 Å². The lowest BCUT2D eigenvalue weighted by Crippen LogP contribution is -2.45. The van der Waals surface area contributed by atoms with Gasteiger partial charge in [-0.2, -0.15) is 0 Å². The number of carbonyl (C=O) groups is 1. The van der Waals surface area contributed by atoms with Crippen molar-refractivity contribution in [1.29, 1.82) is 0 Å². The van der Waals surface area contributed by atoms with Crippen molar-refractivity contribution in [2.75, 3.05) is 13.1 Å². The number of likely N-dealkylation sites (tertiary alicyclic amines) is 1. The smallest absolute Gasteiger partial charge is 0.256 e. The van der Waals surface area contributed by atoms with Gasteiger partial charge < -0.3 is 10.6 Å². The number of carbonyl (C=O) groups excluding carboxylic acids is 1. The van der Waals surface area contributed by atoms with E-state index in [-0.39, 0.29) is 11.8 Å². The SMILES string of the molecule is NCC1CCN(C(=O)c2ccccc2)C(F)C1. The molecule has 1 fully saturated rings. The number of hydrogen-bond donors (Lipinski definition) is 1. The average Bonchev–Trinajstić information content (AvgIpc) is 2.39. The highest BCUT2D eigenvalue weighted by molar-refractivity contribution is 5.94. The minimum absolute atomic E-state index is 0.199. The standard InChI is InChI=1S/C13H17FN2O/c14-12-8-10(9-15)6-7-16(12)13(17)11-4-2-1-3-5-11/h1-5,10,12H,6-9,15H2. The number of nitrogens with two attached hydrogens (primary N) is 1. The van der Waals surface area contributed by atoms with Gasteiger partial charge in [0, 0.05) is 18.5 Å². The monoisotopic (exact) mass is 236 g/mol. The fourth-order valence-electron chi connectivity index (χ4n) is 2.17. The molecule has 2 N–H and O–H groups in total. The van der Waals surface area contributed by atoms with E-state index in [1.165, 1.54) is 4.90 Å². The van der Waals surface area contributed by atoms with Crippen LogP contribution in [0.25, 0.3) is 0 Å². The van der Waals surface area contributed by atoms with Crippen molar-refractivity contribution in [3.8, 4) is 0 Å². The number of hydrogen-bond acceptors (Lipinski definition) is 2. The first-order valence-corrected chi connectivity index (χ1v) is 5.92. The minimum Gasteiger partial charge on any atom is -0.330 e. The summed E-state index contributed by atoms with van der Waals surface area (Å²) in [6.45, 7) is 0.949. The van der Waals surface area contributed by atoms with E-state index < -0.39 is 6.30 Å². The molecule has 3 nitrogen and oxygen atoms in total. The number of nitrogens with zero attached hydrogens (tertiary/aromatic N) is 1. The molecule has 1 aliphatic heterocycles. The molecular weight excluding hydrogens is 219 g/mol. The van der Waals surface area contributed by atoms with Crippen LogP contribution in [0.2, 0.25) is 0 Å². The highest BCUT2D eigenvalue weighted by Crippen LogP contribution is 2.24. The molecule has 1 aromatic carbocycles. The highest BCUT2D eigenvalue weighted by atomic mass is 19.1. The largest absolute Gasteiger partial charge is 0.330 e. The van der Waals surface area contributed by atoms with Gasteiger partial charge in [0.15, 0.2) is 6.30 Å². The average molecular weight is 236 g/mol. The van der Waals surface area contributed by atoms with Crippen LogP contribution in [0.15, 0.2) is 30.3 Å². The lowest BCUT2D eigenvalue weighted by molar-refractivity contribution is 0.0202. The second-order valence-electron chi connectivity index (χ2n) is 4.43. The van der Waals surface area contributed by atoms with Gasteiger partial charge in [-0.25, -0.2) is 4.39 Å². The number of piperidine rings is 1. The van der Waals surface area contributed by atoms with Crippen molar-refractivity contribution in [2.45, 2.75) is 19.1 Å². The van der Waals surface area contributed by atoms with E-state index in [1.54, 1.807) is 24.3 Å². The number of alkyl halides is 1. The van der Waals surface area contributed by atoms with E-state index in [0.717, 1.165) is 6.42 Å². The van der Waals surface area contributed by atoms with Crippen molar-refractivity contribution >= 4 is 5.91 Å². The number of rotatable bonds is 2. The van der Waals surface area contributed by atoms with Crippen LogP contribution in [0.1, 0.15) is 23.2 Å². The van der Waals surface area contributed by atoms with E-state index in [9.17, 15) is 9.18 Å². The normalized spacial score (nSPS) is 24.7. The zero-order chi connectivity index (χ0) is 12.3. The Morgan fingerprint density at radius 1 is 1.41 bits per heavy atom. The van der Waals surface area contributed by atoms with Gasteiger partial charge in [0.1, 0.15) is 0 Å². The van der Waals surface area contributed by atoms with Crippen LogP contribution in [0.4, 0.5) is 4.39 Å². The summed E-state index contributed by atoms with van der Waals surface area (Å²) in [4.78, 5) is 13.4. The lowest BCUT2D eigenvalue weighted by Gasteiger charge is -2.34. The quantitative estimate of drug-likeness (QED) is 0.796. The van der Waals surface area contributed by atoms with Crippen LogP contribution >= 0.6 is 0 Å². The minimum atomic E-state index is -1.20. The first kappa shape index (κ1) is 12.0. The van der Waals surface area contributed by atoms with Crippen molar-refractivity contribution in [3.05, 3.63) is 35.9 Å². The highest BCUT2D eigenvalue weighted by Gasteiger charge is 2.31. The maximum Gasteiger partial charge on any atom is 0.256 e. The van der Waals surface area contributed by atoms with Crippen LogP contribution < -0.4 is 5.73 Å². The molecule has 17 heavy (non-hydrogen) atoms. The summed E-state index contributed by atoms with van der Waals surface area (Å²) in [7, 11) is 0. The van der Waals surface area contributed by atoms with E-state index in [0.29, 0.717) is 25.1 Å². The molecule has 0 aliphatic carbocycles. The van der Waals surface area contributed by atoms with Gasteiger partial charge >= 0.3 is 0 Å². The van der Waals surface area contributed by atoms with E-state index in [4.69, 9.17) is 5.73 Å². The summed E-state index contributed by atoms with van der Waals surface area (Å²) in [5.41, 5.74) is 6.07. The van der Waals surface area contributed by atoms with Crippen LogP contribution in [-0.4, -0.2) is 30.2 Å². The zero-order valence-electron chi connectivity index (χ0n) is 9.68. The topological polar surface area (TPSA) is 46.3 Å². The first-order chi connectivity index (χ1) is 8.22. The van der Waals surface area contributed by atoms with Crippen LogP contribution in [0.5, 0.6) is 0 Å². The Bertz CT molecular complexity index is 382. The van der Waals surface area contributed by atoms with Gasteiger partial charge in [-0.1, -0.05) is 18.2 Å². The molecular formula is C13H17FN2O. The third-order valence-electron chi connectivity index (χ3n) is 3.26. The molecule has 2 unspecified atom stereocenters. The Morgan fingerprint density at radius 3 is 2.71 bits per heavy atom. The van der Waals surface area contributed by atoms with Gasteiger partial charge in [0.25, 0.3) is 5.91 Å². The molecule has 4 heteroatoms. The maximum absolute atomic E-state index is 13.9. The summed E-state index contributed by atoms with van der Waals surface area (Å²) >= 11 is 0. The van der Waals surface area contributed by atoms with E-state index in [2.05, 4.69) is 0 Å². The third kappa shape index (κ3) is 2.64. The molecule has 2 atom stereocenters. The Balaban J connectivity index is 2.06. The molecule has 0 spiro atoms. The molecule has 1 saturated heterocycles. The number of halogens is 1. The number of amides is 1. The fraction of sp³-hybridized carbons (Fsp3) is 0.462. The van der Waals surface area contributed by atoms with Crippen LogP contribution in [0.3, 0.4) is 0 Å². The van der Waals surface area contributed by atoms with Crippen LogP contribution in [0, 0.1) is 5.92 Å². The van der Waals surface area contributed by atoms with Crippen molar-refractivity contribution in [1.82, 2.24) is 4.90 Å². The van der Waals surface area contributed by atoms with Gasteiger partial charge in [-0.3, -0.25) is 4.79 Å². The lowest BCUT2D eigenvalue weighted by atomic mass is 9.95. The molecule has 0 aromatic heterocycles. The second-order valence-corrected chi connectivity index (χ2v) is 4.43. The molecule has 0 saturated carbocycles. The fourth-order valence-corrected chi connectivity index (χ4v) is 2.17. The Hall–Kier alpha value is -1.42. The third-order valence-corrected chi connectivity index (χ3v) is 3.26. The van der Waals surface area contributed by atoms with Crippen LogP contribution in [-0.2, 0) is 0 Å². The van der Waals surface area contributed by atoms with E-state index in [1.807, 2.05) is 6.07 Å².